The van der Waals surface area contributed by atoms with Gasteiger partial charge in [0.05, 0.1) is 0 Å². The standard InChI is InChI=1S/C17H29N3O/c1-12(2)6-8-20(9-7-13(3)4)17(21)15-10-14(5)19-16(18)11-15/h10-13H,6-9H2,1-5H3,(H2,18,19). The van der Waals surface area contributed by atoms with E-state index in [4.69, 9.17) is 5.73 Å². The molecule has 0 fully saturated rings. The zero-order valence-corrected chi connectivity index (χ0v) is 14.0. The molecule has 4 heteroatoms. The molecule has 2 N–H and O–H groups in total. The van der Waals surface area contributed by atoms with Gasteiger partial charge in [-0.1, -0.05) is 27.7 Å². The Morgan fingerprint density at radius 1 is 1.14 bits per heavy atom. The molecule has 0 spiro atoms. The number of nitrogens with zero attached hydrogens (tertiary/aromatic N) is 2. The van der Waals surface area contributed by atoms with Crippen molar-refractivity contribution in [1.82, 2.24) is 9.88 Å². The third-order valence-corrected chi connectivity index (χ3v) is 3.46. The molecular weight excluding hydrogens is 262 g/mol. The molecule has 1 aromatic rings. The predicted octanol–water partition coefficient (Wildman–Crippen LogP) is 3.51. The molecule has 0 aromatic carbocycles. The SMILES string of the molecule is Cc1cc(C(=O)N(CCC(C)C)CCC(C)C)cc(N)n1. The monoisotopic (exact) mass is 291 g/mol. The summed E-state index contributed by atoms with van der Waals surface area (Å²) in [6.45, 7) is 12.2. The summed E-state index contributed by atoms with van der Waals surface area (Å²) in [4.78, 5) is 18.8. The van der Waals surface area contributed by atoms with Crippen LogP contribution in [0.1, 0.15) is 56.6 Å². The zero-order chi connectivity index (χ0) is 16.0. The summed E-state index contributed by atoms with van der Waals surface area (Å²) in [5.41, 5.74) is 7.19. The second kappa shape index (κ2) is 8.01. The number of amides is 1. The fraction of sp³-hybridized carbons (Fsp3) is 0.647. The fourth-order valence-electron chi connectivity index (χ4n) is 2.14. The Balaban J connectivity index is 2.86. The van der Waals surface area contributed by atoms with Crippen LogP contribution in [0.5, 0.6) is 0 Å². The Labute approximate surface area is 128 Å². The van der Waals surface area contributed by atoms with Crippen LogP contribution < -0.4 is 5.73 Å². The number of hydrogen-bond donors (Lipinski definition) is 1. The molecule has 1 amide bonds. The van der Waals surface area contributed by atoms with Gasteiger partial charge in [0, 0.05) is 24.3 Å². The maximum Gasteiger partial charge on any atom is 0.254 e. The second-order valence-electron chi connectivity index (χ2n) is 6.58. The van der Waals surface area contributed by atoms with Gasteiger partial charge in [0.1, 0.15) is 5.82 Å². The number of carbonyl (C=O) groups excluding carboxylic acids is 1. The first-order chi connectivity index (χ1) is 9.79. The first-order valence-corrected chi connectivity index (χ1v) is 7.83. The summed E-state index contributed by atoms with van der Waals surface area (Å²) in [5.74, 6) is 1.65. The van der Waals surface area contributed by atoms with Crippen molar-refractivity contribution >= 4 is 11.7 Å². The van der Waals surface area contributed by atoms with Crippen molar-refractivity contribution in [2.24, 2.45) is 11.8 Å². The molecule has 0 aliphatic heterocycles. The molecule has 4 nitrogen and oxygen atoms in total. The van der Waals surface area contributed by atoms with E-state index in [1.54, 1.807) is 6.07 Å². The van der Waals surface area contributed by atoms with Gasteiger partial charge in [-0.15, -0.1) is 0 Å². The van der Waals surface area contributed by atoms with E-state index in [-0.39, 0.29) is 5.91 Å². The van der Waals surface area contributed by atoms with E-state index in [0.717, 1.165) is 31.6 Å². The average Bonchev–Trinajstić information content (AvgIpc) is 2.36. The number of anilines is 1. The largest absolute Gasteiger partial charge is 0.384 e. The van der Waals surface area contributed by atoms with Crippen molar-refractivity contribution in [3.8, 4) is 0 Å². The highest BCUT2D eigenvalue weighted by Crippen LogP contribution is 2.14. The molecule has 1 heterocycles. The number of nitrogens with two attached hydrogens (primary N) is 1. The lowest BCUT2D eigenvalue weighted by Gasteiger charge is -2.25. The first-order valence-electron chi connectivity index (χ1n) is 7.83. The van der Waals surface area contributed by atoms with Gasteiger partial charge in [-0.3, -0.25) is 4.79 Å². The van der Waals surface area contributed by atoms with Gasteiger partial charge < -0.3 is 10.6 Å². The summed E-state index contributed by atoms with van der Waals surface area (Å²) in [5, 5.41) is 0. The normalized spacial score (nSPS) is 11.2. The van der Waals surface area contributed by atoms with Crippen molar-refractivity contribution in [1.29, 1.82) is 0 Å². The smallest absolute Gasteiger partial charge is 0.254 e. The van der Waals surface area contributed by atoms with Crippen LogP contribution >= 0.6 is 0 Å². The van der Waals surface area contributed by atoms with Gasteiger partial charge in [0.2, 0.25) is 0 Å². The number of nitrogen functional groups attached to an aromatic ring is 1. The minimum absolute atomic E-state index is 0.0634. The average molecular weight is 291 g/mol. The van der Waals surface area contributed by atoms with Crippen LogP contribution in [0.15, 0.2) is 12.1 Å². The minimum atomic E-state index is 0.0634. The molecule has 0 aliphatic rings. The molecular formula is C17H29N3O. The Bertz CT molecular complexity index is 437. The molecule has 1 aromatic heterocycles. The van der Waals surface area contributed by atoms with Gasteiger partial charge in [-0.25, -0.2) is 4.98 Å². The maximum absolute atomic E-state index is 12.7. The van der Waals surface area contributed by atoms with Gasteiger partial charge in [-0.05, 0) is 43.7 Å². The molecule has 21 heavy (non-hydrogen) atoms. The number of carbonyl (C=O) groups is 1. The predicted molar refractivity (Wildman–Crippen MR) is 88.2 cm³/mol. The molecule has 0 atom stereocenters. The van der Waals surface area contributed by atoms with E-state index < -0.39 is 0 Å². The molecule has 0 saturated heterocycles. The number of hydrogen-bond acceptors (Lipinski definition) is 3. The lowest BCUT2D eigenvalue weighted by molar-refractivity contribution is 0.0740. The van der Waals surface area contributed by atoms with Crippen LogP contribution in [0, 0.1) is 18.8 Å². The number of aromatic nitrogens is 1. The second-order valence-corrected chi connectivity index (χ2v) is 6.58. The lowest BCUT2D eigenvalue weighted by atomic mass is 10.1. The minimum Gasteiger partial charge on any atom is -0.384 e. The summed E-state index contributed by atoms with van der Waals surface area (Å²) >= 11 is 0. The highest BCUT2D eigenvalue weighted by atomic mass is 16.2. The number of aryl methyl sites for hydroxylation is 1. The number of rotatable bonds is 7. The molecule has 1 rings (SSSR count). The quantitative estimate of drug-likeness (QED) is 0.836. The van der Waals surface area contributed by atoms with Crippen LogP contribution in [0.3, 0.4) is 0 Å². The summed E-state index contributed by atoms with van der Waals surface area (Å²) in [6.07, 6.45) is 2.03. The Kier molecular flexibility index (Phi) is 6.66. The van der Waals surface area contributed by atoms with Gasteiger partial charge >= 0.3 is 0 Å². The highest BCUT2D eigenvalue weighted by molar-refractivity contribution is 5.95. The van der Waals surface area contributed by atoms with E-state index in [2.05, 4.69) is 32.7 Å². The fourth-order valence-corrected chi connectivity index (χ4v) is 2.14. The van der Waals surface area contributed by atoms with E-state index in [9.17, 15) is 4.79 Å². The third kappa shape index (κ3) is 6.15. The molecule has 118 valence electrons. The van der Waals surface area contributed by atoms with E-state index in [1.165, 1.54) is 0 Å². The Morgan fingerprint density at radius 3 is 2.10 bits per heavy atom. The number of pyridine rings is 1. The van der Waals surface area contributed by atoms with E-state index in [1.807, 2.05) is 17.9 Å². The van der Waals surface area contributed by atoms with E-state index in [0.29, 0.717) is 23.2 Å². The van der Waals surface area contributed by atoms with Crippen molar-refractivity contribution in [2.75, 3.05) is 18.8 Å². The van der Waals surface area contributed by atoms with Gasteiger partial charge in [-0.2, -0.15) is 0 Å². The van der Waals surface area contributed by atoms with Gasteiger partial charge in [0.15, 0.2) is 0 Å². The van der Waals surface area contributed by atoms with Crippen molar-refractivity contribution < 1.29 is 4.79 Å². The third-order valence-electron chi connectivity index (χ3n) is 3.46. The van der Waals surface area contributed by atoms with Crippen molar-refractivity contribution in [3.63, 3.8) is 0 Å². The van der Waals surface area contributed by atoms with Crippen LogP contribution in [-0.2, 0) is 0 Å². The van der Waals surface area contributed by atoms with E-state index >= 15 is 0 Å². The van der Waals surface area contributed by atoms with Crippen molar-refractivity contribution in [3.05, 3.63) is 23.4 Å². The molecule has 0 aliphatic carbocycles. The van der Waals surface area contributed by atoms with Crippen LogP contribution in [0.2, 0.25) is 0 Å². The van der Waals surface area contributed by atoms with Gasteiger partial charge in [0.25, 0.3) is 5.91 Å². The van der Waals surface area contributed by atoms with Crippen LogP contribution in [0.25, 0.3) is 0 Å². The molecule has 0 saturated carbocycles. The maximum atomic E-state index is 12.7. The topological polar surface area (TPSA) is 59.2 Å². The van der Waals surface area contributed by atoms with Crippen LogP contribution in [-0.4, -0.2) is 28.9 Å². The molecule has 0 radical (unpaired) electrons. The lowest BCUT2D eigenvalue weighted by Crippen LogP contribution is -2.34. The first kappa shape index (κ1) is 17.5. The summed E-state index contributed by atoms with van der Waals surface area (Å²) in [6, 6.07) is 3.49. The highest BCUT2D eigenvalue weighted by Gasteiger charge is 2.17. The summed E-state index contributed by atoms with van der Waals surface area (Å²) in [7, 11) is 0. The summed E-state index contributed by atoms with van der Waals surface area (Å²) < 4.78 is 0. The Hall–Kier alpha value is -1.58. The zero-order valence-electron chi connectivity index (χ0n) is 14.0. The molecule has 0 unspecified atom stereocenters. The molecule has 0 bridgehead atoms. The van der Waals surface area contributed by atoms with Crippen molar-refractivity contribution in [2.45, 2.75) is 47.5 Å². The van der Waals surface area contributed by atoms with Crippen LogP contribution in [0.4, 0.5) is 5.82 Å². The Morgan fingerprint density at radius 2 is 1.67 bits per heavy atom.